The summed E-state index contributed by atoms with van der Waals surface area (Å²) in [7, 11) is -3.64. The van der Waals surface area contributed by atoms with E-state index in [9.17, 15) is 31.5 Å². The third-order valence-electron chi connectivity index (χ3n) is 5.84. The van der Waals surface area contributed by atoms with Crippen molar-refractivity contribution >= 4 is 27.1 Å². The van der Waals surface area contributed by atoms with Gasteiger partial charge in [-0.2, -0.15) is 18.3 Å². The zero-order chi connectivity index (χ0) is 27.1. The van der Waals surface area contributed by atoms with Crippen LogP contribution in [0.1, 0.15) is 48.3 Å². The molecule has 0 bridgehead atoms. The highest BCUT2D eigenvalue weighted by atomic mass is 32.2. The molecule has 12 heteroatoms. The van der Waals surface area contributed by atoms with Crippen LogP contribution in [0.15, 0.2) is 59.6 Å². The third kappa shape index (κ3) is 5.15. The predicted molar refractivity (Wildman–Crippen MR) is 131 cm³/mol. The number of fused-ring (bicyclic) bond motifs is 1. The van der Waals surface area contributed by atoms with Crippen molar-refractivity contribution < 1.29 is 31.5 Å². The molecule has 0 aliphatic carbocycles. The summed E-state index contributed by atoms with van der Waals surface area (Å²) in [5.41, 5.74) is -0.601. The number of sulfone groups is 1. The number of carbonyl (C=O) groups is 1. The number of benzene rings is 2. The zero-order valence-electron chi connectivity index (χ0n) is 20.0. The summed E-state index contributed by atoms with van der Waals surface area (Å²) >= 11 is 0. The van der Waals surface area contributed by atoms with Crippen molar-refractivity contribution in [1.82, 2.24) is 14.6 Å². The third-order valence-corrected chi connectivity index (χ3v) is 7.57. The number of amides is 1. The highest BCUT2D eigenvalue weighted by Crippen LogP contribution is 2.34. The van der Waals surface area contributed by atoms with E-state index in [1.165, 1.54) is 13.0 Å². The number of hydrogen-bond donors (Lipinski definition) is 2. The molecule has 0 spiro atoms. The number of aromatic hydroxyl groups is 1. The molecule has 0 radical (unpaired) electrons. The van der Waals surface area contributed by atoms with E-state index >= 15 is 0 Å². The lowest BCUT2D eigenvalue weighted by Crippen LogP contribution is -2.16. The smallest absolute Gasteiger partial charge is 0.433 e. The average Bonchev–Trinajstić information content (AvgIpc) is 3.28. The number of anilines is 1. The Balaban J connectivity index is 1.80. The standard InChI is InChI=1S/C25H23F3N4O4S/c1-4-37(35,36)17-9-10-21(33)20(11-17)31-24(34)18-13-29-32-22(25(26,27)28)12-19(30-23(18)32)16-7-5-15(6-8-16)14(2)3/h5-14,33H,4H2,1-3H3,(H,31,34). The van der Waals surface area contributed by atoms with E-state index in [-0.39, 0.29) is 39.2 Å². The summed E-state index contributed by atoms with van der Waals surface area (Å²) in [5, 5.41) is 16.2. The van der Waals surface area contributed by atoms with Gasteiger partial charge in [-0.05, 0) is 35.7 Å². The minimum atomic E-state index is -4.80. The normalized spacial score (nSPS) is 12.3. The molecule has 2 aromatic heterocycles. The Kier molecular flexibility index (Phi) is 6.72. The molecule has 0 aliphatic rings. The van der Waals surface area contributed by atoms with Crippen LogP contribution in [0.3, 0.4) is 0 Å². The van der Waals surface area contributed by atoms with Crippen LogP contribution in [0.4, 0.5) is 18.9 Å². The molecule has 0 aliphatic heterocycles. The molecule has 0 saturated carbocycles. The molecule has 0 saturated heterocycles. The molecule has 0 unspecified atom stereocenters. The number of nitrogens with one attached hydrogen (secondary N) is 1. The van der Waals surface area contributed by atoms with Gasteiger partial charge >= 0.3 is 6.18 Å². The fourth-order valence-electron chi connectivity index (χ4n) is 3.68. The van der Waals surface area contributed by atoms with Gasteiger partial charge in [0, 0.05) is 5.56 Å². The Bertz CT molecular complexity index is 1590. The fourth-order valence-corrected chi connectivity index (χ4v) is 4.58. The second kappa shape index (κ2) is 9.51. The fraction of sp³-hybridized carbons (Fsp3) is 0.240. The zero-order valence-corrected chi connectivity index (χ0v) is 20.9. The Morgan fingerprint density at radius 1 is 1.11 bits per heavy atom. The summed E-state index contributed by atoms with van der Waals surface area (Å²) in [6.07, 6.45) is -3.86. The summed E-state index contributed by atoms with van der Waals surface area (Å²) in [6, 6.07) is 11.1. The van der Waals surface area contributed by atoms with Crippen molar-refractivity contribution in [2.75, 3.05) is 11.1 Å². The van der Waals surface area contributed by atoms with E-state index in [0.29, 0.717) is 10.1 Å². The van der Waals surface area contributed by atoms with Crippen molar-refractivity contribution in [2.45, 2.75) is 37.8 Å². The molecule has 37 heavy (non-hydrogen) atoms. The van der Waals surface area contributed by atoms with Gasteiger partial charge in [-0.25, -0.2) is 17.9 Å². The van der Waals surface area contributed by atoms with Gasteiger partial charge in [0.1, 0.15) is 11.3 Å². The number of hydrogen-bond acceptors (Lipinski definition) is 6. The Morgan fingerprint density at radius 3 is 2.38 bits per heavy atom. The molecule has 2 heterocycles. The van der Waals surface area contributed by atoms with Crippen molar-refractivity contribution in [3.05, 3.63) is 71.5 Å². The van der Waals surface area contributed by atoms with E-state index in [0.717, 1.165) is 30.0 Å². The van der Waals surface area contributed by atoms with Crippen LogP contribution in [-0.2, 0) is 16.0 Å². The van der Waals surface area contributed by atoms with E-state index in [4.69, 9.17) is 0 Å². The largest absolute Gasteiger partial charge is 0.506 e. The number of carbonyl (C=O) groups excluding carboxylic acids is 1. The van der Waals surface area contributed by atoms with Crippen molar-refractivity contribution in [1.29, 1.82) is 0 Å². The van der Waals surface area contributed by atoms with Crippen LogP contribution in [0.25, 0.3) is 16.9 Å². The van der Waals surface area contributed by atoms with E-state index in [1.54, 1.807) is 24.3 Å². The number of aromatic nitrogens is 3. The van der Waals surface area contributed by atoms with Crippen molar-refractivity contribution in [3.8, 4) is 17.0 Å². The SMILES string of the molecule is CCS(=O)(=O)c1ccc(O)c(NC(=O)c2cnn3c(C(F)(F)F)cc(-c4ccc(C(C)C)cc4)nc23)c1. The quantitative estimate of drug-likeness (QED) is 0.326. The number of nitrogens with zero attached hydrogens (tertiary/aromatic N) is 3. The monoisotopic (exact) mass is 532 g/mol. The summed E-state index contributed by atoms with van der Waals surface area (Å²) in [6.45, 7) is 5.42. The first-order chi connectivity index (χ1) is 17.3. The Morgan fingerprint density at radius 2 is 1.78 bits per heavy atom. The van der Waals surface area contributed by atoms with E-state index in [1.807, 2.05) is 13.8 Å². The van der Waals surface area contributed by atoms with Crippen molar-refractivity contribution in [2.24, 2.45) is 0 Å². The van der Waals surface area contributed by atoms with Crippen LogP contribution in [0.5, 0.6) is 5.75 Å². The second-order valence-electron chi connectivity index (χ2n) is 8.63. The van der Waals surface area contributed by atoms with Gasteiger partial charge in [0.25, 0.3) is 5.91 Å². The first-order valence-corrected chi connectivity index (χ1v) is 12.9. The van der Waals surface area contributed by atoms with Crippen LogP contribution in [-0.4, -0.2) is 39.8 Å². The van der Waals surface area contributed by atoms with Crippen LogP contribution in [0, 0.1) is 0 Å². The number of alkyl halides is 3. The number of phenols is 1. The van der Waals surface area contributed by atoms with Gasteiger partial charge in [0.2, 0.25) is 0 Å². The van der Waals surface area contributed by atoms with Gasteiger partial charge in [0.05, 0.1) is 28.2 Å². The predicted octanol–water partition coefficient (Wildman–Crippen LogP) is 5.29. The van der Waals surface area contributed by atoms with Gasteiger partial charge < -0.3 is 10.4 Å². The lowest BCUT2D eigenvalue weighted by Gasteiger charge is -2.13. The van der Waals surface area contributed by atoms with Crippen molar-refractivity contribution in [3.63, 3.8) is 0 Å². The number of rotatable bonds is 6. The minimum Gasteiger partial charge on any atom is -0.506 e. The van der Waals surface area contributed by atoms with Gasteiger partial charge in [-0.15, -0.1) is 0 Å². The average molecular weight is 533 g/mol. The molecule has 4 aromatic rings. The molecular formula is C25H23F3N4O4S. The molecule has 1 amide bonds. The molecule has 0 fully saturated rings. The summed E-state index contributed by atoms with van der Waals surface area (Å²) in [5.74, 6) is -1.33. The number of halogens is 3. The van der Waals surface area contributed by atoms with E-state index < -0.39 is 33.4 Å². The maximum Gasteiger partial charge on any atom is 0.433 e. The van der Waals surface area contributed by atoms with Crippen LogP contribution in [0.2, 0.25) is 0 Å². The van der Waals surface area contributed by atoms with Crippen LogP contribution >= 0.6 is 0 Å². The van der Waals surface area contributed by atoms with E-state index in [2.05, 4.69) is 15.4 Å². The molecule has 194 valence electrons. The van der Waals surface area contributed by atoms with Gasteiger partial charge in [-0.3, -0.25) is 4.79 Å². The lowest BCUT2D eigenvalue weighted by atomic mass is 10.0. The lowest BCUT2D eigenvalue weighted by molar-refractivity contribution is -0.142. The molecule has 4 rings (SSSR count). The number of phenolic OH excluding ortho intramolecular Hbond substituents is 1. The first kappa shape index (κ1) is 26.1. The Labute approximate surface area is 210 Å². The molecular weight excluding hydrogens is 509 g/mol. The molecule has 8 nitrogen and oxygen atoms in total. The summed E-state index contributed by atoms with van der Waals surface area (Å²) in [4.78, 5) is 17.2. The second-order valence-corrected chi connectivity index (χ2v) is 10.9. The maximum absolute atomic E-state index is 13.9. The van der Waals surface area contributed by atoms with Gasteiger partial charge in [-0.1, -0.05) is 45.0 Å². The van der Waals surface area contributed by atoms with Crippen LogP contribution < -0.4 is 5.32 Å². The molecule has 2 aromatic carbocycles. The summed E-state index contributed by atoms with van der Waals surface area (Å²) < 4.78 is 66.6. The molecule has 2 N–H and O–H groups in total. The highest BCUT2D eigenvalue weighted by Gasteiger charge is 2.36. The highest BCUT2D eigenvalue weighted by molar-refractivity contribution is 7.91. The topological polar surface area (TPSA) is 114 Å². The van der Waals surface area contributed by atoms with Gasteiger partial charge in [0.15, 0.2) is 21.2 Å². The minimum absolute atomic E-state index is 0.0106. The molecule has 0 atom stereocenters. The Hall–Kier alpha value is -3.93. The first-order valence-electron chi connectivity index (χ1n) is 11.2. The maximum atomic E-state index is 13.9.